The van der Waals surface area contributed by atoms with E-state index in [1.54, 1.807) is 30.3 Å². The second kappa shape index (κ2) is 7.99. The summed E-state index contributed by atoms with van der Waals surface area (Å²) in [5, 5.41) is 2.41. The summed E-state index contributed by atoms with van der Waals surface area (Å²) in [6.07, 6.45) is -4.09. The molecule has 1 aliphatic rings. The Labute approximate surface area is 144 Å². The maximum atomic E-state index is 13.8. The van der Waals surface area contributed by atoms with E-state index in [1.807, 2.05) is 0 Å². The highest BCUT2D eigenvalue weighted by atomic mass is 19.4. The fourth-order valence-corrected chi connectivity index (χ4v) is 3.34. The molecule has 0 radical (unpaired) electrons. The Morgan fingerprint density at radius 3 is 2.52 bits per heavy atom. The lowest BCUT2D eigenvalue weighted by atomic mass is 9.67. The molecule has 1 N–H and O–H groups in total. The molecule has 0 aromatic heterocycles. The number of ether oxygens (including phenoxy) is 1. The van der Waals surface area contributed by atoms with Gasteiger partial charge in [0.25, 0.3) is 0 Å². The van der Waals surface area contributed by atoms with E-state index in [1.165, 1.54) is 6.92 Å². The lowest BCUT2D eigenvalue weighted by Crippen LogP contribution is -2.62. The van der Waals surface area contributed by atoms with E-state index in [4.69, 9.17) is 4.74 Å². The molecule has 0 saturated heterocycles. The molecule has 7 heteroatoms. The van der Waals surface area contributed by atoms with Gasteiger partial charge in [-0.25, -0.2) is 0 Å². The van der Waals surface area contributed by atoms with Crippen LogP contribution in [0, 0.1) is 5.41 Å². The van der Waals surface area contributed by atoms with Gasteiger partial charge in [0.15, 0.2) is 11.2 Å². The number of alkyl halides is 3. The second-order valence-corrected chi connectivity index (χ2v) is 6.16. The highest BCUT2D eigenvalue weighted by molar-refractivity contribution is 6.05. The average Bonchev–Trinajstić information content (AvgIpc) is 2.56. The normalized spacial score (nSPS) is 22.5. The molecule has 0 heterocycles. The zero-order valence-corrected chi connectivity index (χ0v) is 14.1. The number of nitrogens with one attached hydrogen (secondary N) is 1. The number of Topliss-reactive ketones (excluding diaryl/α,β-unsaturated/α-hetero) is 1. The Bertz CT molecular complexity index is 603. The van der Waals surface area contributed by atoms with Crippen molar-refractivity contribution in [1.29, 1.82) is 0 Å². The number of esters is 1. The van der Waals surface area contributed by atoms with Crippen LogP contribution in [0.25, 0.3) is 0 Å². The Balaban J connectivity index is 2.36. The summed E-state index contributed by atoms with van der Waals surface area (Å²) < 4.78 is 46.3. The fraction of sp³-hybridized carbons (Fsp3) is 0.556. The molecular formula is C18H22F3NO3. The Kier molecular flexibility index (Phi) is 6.21. The van der Waals surface area contributed by atoms with Crippen LogP contribution >= 0.6 is 0 Å². The first kappa shape index (κ1) is 19.4. The van der Waals surface area contributed by atoms with Crippen LogP contribution in [0.4, 0.5) is 13.2 Å². The zero-order valence-electron chi connectivity index (χ0n) is 14.1. The molecular weight excluding hydrogens is 335 g/mol. The minimum absolute atomic E-state index is 0.0432. The fourth-order valence-electron chi connectivity index (χ4n) is 3.34. The van der Waals surface area contributed by atoms with Gasteiger partial charge in [-0.05, 0) is 25.3 Å². The van der Waals surface area contributed by atoms with E-state index in [0.29, 0.717) is 18.4 Å². The van der Waals surface area contributed by atoms with Gasteiger partial charge in [-0.1, -0.05) is 36.8 Å². The van der Waals surface area contributed by atoms with Crippen LogP contribution in [0.3, 0.4) is 0 Å². The van der Waals surface area contributed by atoms with E-state index >= 15 is 0 Å². The van der Waals surface area contributed by atoms with Crippen LogP contribution in [0.1, 0.15) is 38.2 Å². The molecule has 1 aromatic carbocycles. The summed E-state index contributed by atoms with van der Waals surface area (Å²) in [5.41, 5.74) is -1.57. The summed E-state index contributed by atoms with van der Waals surface area (Å²) in [6.45, 7) is 1.34. The highest BCUT2D eigenvalue weighted by Crippen LogP contribution is 2.44. The van der Waals surface area contributed by atoms with Crippen molar-refractivity contribution in [2.24, 2.45) is 5.41 Å². The molecule has 0 bridgehead atoms. The van der Waals surface area contributed by atoms with Crippen molar-refractivity contribution in [2.45, 2.75) is 51.4 Å². The number of ketones is 1. The van der Waals surface area contributed by atoms with Crippen molar-refractivity contribution in [3.63, 3.8) is 0 Å². The van der Waals surface area contributed by atoms with Gasteiger partial charge in [0.05, 0.1) is 6.61 Å². The molecule has 2 unspecified atom stereocenters. The van der Waals surface area contributed by atoms with E-state index in [9.17, 15) is 22.8 Å². The molecule has 1 aliphatic carbocycles. The van der Waals surface area contributed by atoms with Crippen LogP contribution < -0.4 is 5.32 Å². The molecule has 1 fully saturated rings. The second-order valence-electron chi connectivity index (χ2n) is 6.16. The van der Waals surface area contributed by atoms with Crippen molar-refractivity contribution in [3.8, 4) is 0 Å². The van der Waals surface area contributed by atoms with E-state index in [2.05, 4.69) is 5.32 Å². The van der Waals surface area contributed by atoms with Gasteiger partial charge in [-0.15, -0.1) is 0 Å². The monoisotopic (exact) mass is 357 g/mol. The smallest absolute Gasteiger partial charge is 0.405 e. The first-order chi connectivity index (χ1) is 11.8. The third-order valence-electron chi connectivity index (χ3n) is 4.54. The topological polar surface area (TPSA) is 55.4 Å². The SMILES string of the molecule is CCOC(=O)C1(C(NCc2ccccc2)C(F)(F)F)CCCCC1=O. The molecule has 0 aliphatic heterocycles. The number of benzene rings is 1. The van der Waals surface area contributed by atoms with Crippen molar-refractivity contribution in [1.82, 2.24) is 5.32 Å². The first-order valence-electron chi connectivity index (χ1n) is 8.37. The first-order valence-corrected chi connectivity index (χ1v) is 8.37. The summed E-state index contributed by atoms with van der Waals surface area (Å²) in [4.78, 5) is 24.9. The van der Waals surface area contributed by atoms with Crippen molar-refractivity contribution < 1.29 is 27.5 Å². The third-order valence-corrected chi connectivity index (χ3v) is 4.54. The lowest BCUT2D eigenvalue weighted by Gasteiger charge is -2.40. The molecule has 1 aromatic rings. The molecule has 0 amide bonds. The predicted octanol–water partition coefficient (Wildman–Crippen LogP) is 3.40. The van der Waals surface area contributed by atoms with Gasteiger partial charge >= 0.3 is 12.1 Å². The maximum Gasteiger partial charge on any atom is 0.405 e. The van der Waals surface area contributed by atoms with Gasteiger partial charge < -0.3 is 10.1 Å². The number of rotatable bonds is 6. The van der Waals surface area contributed by atoms with E-state index in [0.717, 1.165) is 0 Å². The molecule has 2 atom stereocenters. The number of halogens is 3. The Morgan fingerprint density at radius 1 is 1.28 bits per heavy atom. The van der Waals surface area contributed by atoms with Gasteiger partial charge in [0, 0.05) is 13.0 Å². The van der Waals surface area contributed by atoms with Gasteiger partial charge in [-0.3, -0.25) is 9.59 Å². The molecule has 138 valence electrons. The van der Waals surface area contributed by atoms with Crippen molar-refractivity contribution >= 4 is 11.8 Å². The van der Waals surface area contributed by atoms with E-state index in [-0.39, 0.29) is 26.0 Å². The quantitative estimate of drug-likeness (QED) is 0.626. The molecule has 0 spiro atoms. The summed E-state index contributed by atoms with van der Waals surface area (Å²) in [5.74, 6) is -1.78. The van der Waals surface area contributed by atoms with Crippen LogP contribution in [0.15, 0.2) is 30.3 Å². The van der Waals surface area contributed by atoms with Gasteiger partial charge in [0.1, 0.15) is 6.04 Å². The standard InChI is InChI=1S/C18H22F3NO3/c1-2-25-16(24)17(11-7-6-10-14(17)23)15(18(19,20)21)22-12-13-8-4-3-5-9-13/h3-5,8-9,15,22H,2,6-7,10-12H2,1H3. The molecule has 1 saturated carbocycles. The van der Waals surface area contributed by atoms with Crippen molar-refractivity contribution in [3.05, 3.63) is 35.9 Å². The number of hydrogen-bond acceptors (Lipinski definition) is 4. The van der Waals surface area contributed by atoms with Gasteiger partial charge in [0.2, 0.25) is 0 Å². The molecule has 2 rings (SSSR count). The van der Waals surface area contributed by atoms with Crippen LogP contribution in [-0.4, -0.2) is 30.6 Å². The van der Waals surface area contributed by atoms with Crippen molar-refractivity contribution in [2.75, 3.05) is 6.61 Å². The average molecular weight is 357 g/mol. The summed E-state index contributed by atoms with van der Waals surface area (Å²) in [7, 11) is 0. The predicted molar refractivity (Wildman–Crippen MR) is 85.7 cm³/mol. The molecule has 25 heavy (non-hydrogen) atoms. The highest BCUT2D eigenvalue weighted by Gasteiger charge is 2.62. The van der Waals surface area contributed by atoms with E-state index < -0.39 is 29.4 Å². The largest absolute Gasteiger partial charge is 0.465 e. The van der Waals surface area contributed by atoms with Gasteiger partial charge in [-0.2, -0.15) is 13.2 Å². The number of carbonyl (C=O) groups excluding carboxylic acids is 2. The molecule has 4 nitrogen and oxygen atoms in total. The van der Waals surface area contributed by atoms with Crippen LogP contribution in [0.5, 0.6) is 0 Å². The minimum Gasteiger partial charge on any atom is -0.465 e. The third kappa shape index (κ3) is 4.21. The van der Waals surface area contributed by atoms with Crippen LogP contribution in [-0.2, 0) is 20.9 Å². The van der Waals surface area contributed by atoms with Crippen LogP contribution in [0.2, 0.25) is 0 Å². The zero-order chi connectivity index (χ0) is 18.5. The lowest BCUT2D eigenvalue weighted by molar-refractivity contribution is -0.203. The number of carbonyl (C=O) groups is 2. The number of hydrogen-bond donors (Lipinski definition) is 1. The Morgan fingerprint density at radius 2 is 1.96 bits per heavy atom. The summed E-state index contributed by atoms with van der Waals surface area (Å²) >= 11 is 0. The maximum absolute atomic E-state index is 13.8. The Hall–Kier alpha value is -1.89. The minimum atomic E-state index is -4.76. The summed E-state index contributed by atoms with van der Waals surface area (Å²) in [6, 6.07) is 6.28.